The fourth-order valence-corrected chi connectivity index (χ4v) is 2.66. The van der Waals surface area contributed by atoms with Crippen LogP contribution in [0.1, 0.15) is 28.5 Å². The van der Waals surface area contributed by atoms with Crippen molar-refractivity contribution in [1.82, 2.24) is 9.78 Å². The minimum atomic E-state index is -4.66. The molecule has 0 fully saturated rings. The largest absolute Gasteiger partial charge is 0.416 e. The van der Waals surface area contributed by atoms with Gasteiger partial charge in [-0.3, -0.25) is 14.3 Å². The van der Waals surface area contributed by atoms with E-state index in [1.165, 1.54) is 22.5 Å². The molecule has 2 aromatic rings. The van der Waals surface area contributed by atoms with Gasteiger partial charge in [0.15, 0.2) is 5.82 Å². The van der Waals surface area contributed by atoms with Crippen LogP contribution in [0.4, 0.5) is 24.7 Å². The van der Waals surface area contributed by atoms with E-state index in [2.05, 4.69) is 15.7 Å². The number of halogens is 3. The van der Waals surface area contributed by atoms with Gasteiger partial charge in [-0.05, 0) is 30.9 Å². The average molecular weight is 400 g/mol. The molecule has 0 aliphatic rings. The van der Waals surface area contributed by atoms with Crippen molar-refractivity contribution in [3.05, 3.63) is 41.1 Å². The van der Waals surface area contributed by atoms with Gasteiger partial charge < -0.3 is 10.6 Å². The van der Waals surface area contributed by atoms with Crippen LogP contribution in [-0.4, -0.2) is 33.1 Å². The summed E-state index contributed by atoms with van der Waals surface area (Å²) in [4.78, 5) is 24.2. The maximum absolute atomic E-state index is 13.2. The number of amides is 2. The number of benzene rings is 1. The number of thioether (sulfide) groups is 1. The first-order valence-corrected chi connectivity index (χ1v) is 9.17. The van der Waals surface area contributed by atoms with Crippen molar-refractivity contribution in [3.63, 3.8) is 0 Å². The van der Waals surface area contributed by atoms with Crippen LogP contribution in [0, 0.1) is 6.92 Å². The second kappa shape index (κ2) is 8.47. The lowest BCUT2D eigenvalue weighted by Crippen LogP contribution is -2.18. The van der Waals surface area contributed by atoms with Crippen LogP contribution in [-0.2, 0) is 18.0 Å². The van der Waals surface area contributed by atoms with E-state index in [9.17, 15) is 22.8 Å². The Morgan fingerprint density at radius 1 is 1.19 bits per heavy atom. The zero-order valence-electron chi connectivity index (χ0n) is 15.0. The predicted octanol–water partition coefficient (Wildman–Crippen LogP) is 3.69. The van der Waals surface area contributed by atoms with Crippen LogP contribution >= 0.6 is 11.8 Å². The van der Waals surface area contributed by atoms with Gasteiger partial charge in [-0.15, -0.1) is 0 Å². The van der Waals surface area contributed by atoms with Crippen molar-refractivity contribution in [2.45, 2.75) is 20.0 Å². The smallest absolute Gasteiger partial charge is 0.325 e. The Hall–Kier alpha value is -2.49. The van der Waals surface area contributed by atoms with E-state index in [0.29, 0.717) is 5.75 Å². The van der Waals surface area contributed by atoms with Crippen LogP contribution in [0.3, 0.4) is 0 Å². The summed E-state index contributed by atoms with van der Waals surface area (Å²) in [7, 11) is 1.68. The molecule has 146 valence electrons. The van der Waals surface area contributed by atoms with Crippen molar-refractivity contribution in [2.24, 2.45) is 7.05 Å². The van der Waals surface area contributed by atoms with E-state index in [1.54, 1.807) is 20.0 Å². The molecule has 6 nitrogen and oxygen atoms in total. The number of hydrogen-bond acceptors (Lipinski definition) is 4. The number of carbonyl (C=O) groups is 2. The highest BCUT2D eigenvalue weighted by molar-refractivity contribution is 7.99. The van der Waals surface area contributed by atoms with E-state index in [4.69, 9.17) is 0 Å². The van der Waals surface area contributed by atoms with Crippen LogP contribution in [0.25, 0.3) is 0 Å². The Labute approximate surface area is 158 Å². The van der Waals surface area contributed by atoms with Crippen molar-refractivity contribution >= 4 is 35.1 Å². The van der Waals surface area contributed by atoms with Gasteiger partial charge in [0.05, 0.1) is 11.3 Å². The van der Waals surface area contributed by atoms with Gasteiger partial charge in [-0.1, -0.05) is 6.92 Å². The van der Waals surface area contributed by atoms with Gasteiger partial charge in [0.1, 0.15) is 0 Å². The molecule has 0 saturated heterocycles. The number of alkyl halides is 3. The summed E-state index contributed by atoms with van der Waals surface area (Å²) in [5.74, 6) is -0.151. The standard InChI is InChI=1S/C17H19F3N4O2S/c1-4-27-9-15(25)21-13-7-11(6-12(8-13)17(18,19)20)16(26)22-14-5-10(2)24(3)23-14/h5-8H,4,9H2,1-3H3,(H,21,25)(H,22,23,26). The Kier molecular flexibility index (Phi) is 6.53. The molecule has 1 aromatic carbocycles. The fraction of sp³-hybridized carbons (Fsp3) is 0.353. The summed E-state index contributed by atoms with van der Waals surface area (Å²) < 4.78 is 41.0. The maximum Gasteiger partial charge on any atom is 0.416 e. The molecule has 0 unspecified atom stereocenters. The summed E-state index contributed by atoms with van der Waals surface area (Å²) >= 11 is 1.34. The first-order valence-electron chi connectivity index (χ1n) is 8.02. The topological polar surface area (TPSA) is 76.0 Å². The van der Waals surface area contributed by atoms with Gasteiger partial charge >= 0.3 is 6.18 Å². The minimum absolute atomic E-state index is 0.0890. The number of rotatable bonds is 6. The zero-order chi connectivity index (χ0) is 20.2. The lowest BCUT2D eigenvalue weighted by Gasteiger charge is -2.13. The Morgan fingerprint density at radius 3 is 2.44 bits per heavy atom. The molecule has 0 spiro atoms. The van der Waals surface area contributed by atoms with E-state index in [1.807, 2.05) is 6.92 Å². The molecule has 2 N–H and O–H groups in total. The molecule has 0 bridgehead atoms. The lowest BCUT2D eigenvalue weighted by atomic mass is 10.1. The number of nitrogens with zero attached hydrogens (tertiary/aromatic N) is 2. The van der Waals surface area contributed by atoms with E-state index < -0.39 is 23.6 Å². The van der Waals surface area contributed by atoms with Crippen LogP contribution in [0.5, 0.6) is 0 Å². The van der Waals surface area contributed by atoms with Gasteiger partial charge in [0.25, 0.3) is 5.91 Å². The first-order chi connectivity index (χ1) is 12.6. The highest BCUT2D eigenvalue weighted by Gasteiger charge is 2.32. The second-order valence-corrected chi connectivity index (χ2v) is 7.01. The number of aromatic nitrogens is 2. The molecule has 1 heterocycles. The molecule has 2 amide bonds. The van der Waals surface area contributed by atoms with Crippen LogP contribution in [0.2, 0.25) is 0 Å². The summed E-state index contributed by atoms with van der Waals surface area (Å²) in [6.45, 7) is 3.64. The molecule has 0 atom stereocenters. The fourth-order valence-electron chi connectivity index (χ4n) is 2.20. The van der Waals surface area contributed by atoms with Gasteiger partial charge in [0, 0.05) is 30.1 Å². The Morgan fingerprint density at radius 2 is 1.89 bits per heavy atom. The Bertz CT molecular complexity index is 830. The molecular formula is C17H19F3N4O2S. The molecule has 2 rings (SSSR count). The average Bonchev–Trinajstić information content (AvgIpc) is 2.89. The lowest BCUT2D eigenvalue weighted by molar-refractivity contribution is -0.137. The zero-order valence-corrected chi connectivity index (χ0v) is 15.8. The monoisotopic (exact) mass is 400 g/mol. The normalized spacial score (nSPS) is 11.3. The number of hydrogen-bond donors (Lipinski definition) is 2. The van der Waals surface area contributed by atoms with Crippen LogP contribution in [0.15, 0.2) is 24.3 Å². The SMILES string of the molecule is CCSCC(=O)Nc1cc(C(=O)Nc2cc(C)n(C)n2)cc(C(F)(F)F)c1. The molecular weight excluding hydrogens is 381 g/mol. The third-order valence-electron chi connectivity index (χ3n) is 3.60. The summed E-state index contributed by atoms with van der Waals surface area (Å²) in [6, 6.07) is 4.34. The van der Waals surface area contributed by atoms with Crippen molar-refractivity contribution in [2.75, 3.05) is 22.1 Å². The molecule has 0 saturated carbocycles. The molecule has 1 aromatic heterocycles. The summed E-state index contributed by atoms with van der Waals surface area (Å²) in [5, 5.41) is 8.90. The van der Waals surface area contributed by atoms with E-state index >= 15 is 0 Å². The quantitative estimate of drug-likeness (QED) is 0.776. The van der Waals surface area contributed by atoms with Gasteiger partial charge in [-0.2, -0.15) is 30.0 Å². The van der Waals surface area contributed by atoms with Crippen molar-refractivity contribution < 1.29 is 22.8 Å². The van der Waals surface area contributed by atoms with Crippen molar-refractivity contribution in [1.29, 1.82) is 0 Å². The first kappa shape index (κ1) is 20.8. The van der Waals surface area contributed by atoms with Crippen molar-refractivity contribution in [3.8, 4) is 0 Å². The third-order valence-corrected chi connectivity index (χ3v) is 4.47. The number of nitrogens with one attached hydrogen (secondary N) is 2. The number of aryl methyl sites for hydroxylation is 2. The number of carbonyl (C=O) groups excluding carboxylic acids is 2. The summed E-state index contributed by atoms with van der Waals surface area (Å²) in [5.41, 5.74) is -0.568. The summed E-state index contributed by atoms with van der Waals surface area (Å²) in [6.07, 6.45) is -4.66. The molecule has 0 aliphatic heterocycles. The van der Waals surface area contributed by atoms with E-state index in [-0.39, 0.29) is 22.8 Å². The molecule has 10 heteroatoms. The molecule has 0 radical (unpaired) electrons. The molecule has 27 heavy (non-hydrogen) atoms. The second-order valence-electron chi connectivity index (χ2n) is 5.73. The minimum Gasteiger partial charge on any atom is -0.325 e. The maximum atomic E-state index is 13.2. The highest BCUT2D eigenvalue weighted by atomic mass is 32.2. The van der Waals surface area contributed by atoms with Gasteiger partial charge in [0.2, 0.25) is 5.91 Å². The Balaban J connectivity index is 2.29. The molecule has 0 aliphatic carbocycles. The predicted molar refractivity (Wildman–Crippen MR) is 99.0 cm³/mol. The number of anilines is 2. The van der Waals surface area contributed by atoms with Crippen LogP contribution < -0.4 is 10.6 Å². The third kappa shape index (κ3) is 5.75. The van der Waals surface area contributed by atoms with E-state index in [0.717, 1.165) is 17.8 Å². The highest BCUT2D eigenvalue weighted by Crippen LogP contribution is 2.32. The van der Waals surface area contributed by atoms with Gasteiger partial charge in [-0.25, -0.2) is 0 Å².